The van der Waals surface area contributed by atoms with Gasteiger partial charge in [0.15, 0.2) is 11.5 Å². The summed E-state index contributed by atoms with van der Waals surface area (Å²) in [5.41, 5.74) is 0.800. The number of hydrogen-bond donors (Lipinski definition) is 1. The molecule has 0 atom stereocenters. The van der Waals surface area contributed by atoms with Gasteiger partial charge in [-0.3, -0.25) is 0 Å². The van der Waals surface area contributed by atoms with Crippen molar-refractivity contribution in [3.63, 3.8) is 0 Å². The van der Waals surface area contributed by atoms with Crippen molar-refractivity contribution in [2.75, 3.05) is 13.2 Å². The van der Waals surface area contributed by atoms with Gasteiger partial charge >= 0.3 is 0 Å². The SMILES string of the molecule is CCOc1cc(CO)cc(Br)c1OCC. The highest BCUT2D eigenvalue weighted by atomic mass is 79.9. The smallest absolute Gasteiger partial charge is 0.175 e. The Kier molecular flexibility index (Phi) is 4.91. The molecule has 15 heavy (non-hydrogen) atoms. The Bertz CT molecular complexity index is 326. The van der Waals surface area contributed by atoms with Crippen LogP contribution in [0.1, 0.15) is 19.4 Å². The van der Waals surface area contributed by atoms with E-state index in [0.29, 0.717) is 24.7 Å². The van der Waals surface area contributed by atoms with Crippen LogP contribution in [0.15, 0.2) is 16.6 Å². The fraction of sp³-hybridized carbons (Fsp3) is 0.455. The molecule has 0 radical (unpaired) electrons. The molecular weight excluding hydrogens is 260 g/mol. The maximum absolute atomic E-state index is 9.06. The van der Waals surface area contributed by atoms with Crippen molar-refractivity contribution in [3.8, 4) is 11.5 Å². The summed E-state index contributed by atoms with van der Waals surface area (Å²) in [5.74, 6) is 1.36. The van der Waals surface area contributed by atoms with Gasteiger partial charge in [-0.05, 0) is 47.5 Å². The topological polar surface area (TPSA) is 38.7 Å². The Hall–Kier alpha value is -0.740. The lowest BCUT2D eigenvalue weighted by atomic mass is 10.2. The lowest BCUT2D eigenvalue weighted by molar-refractivity contribution is 0.272. The largest absolute Gasteiger partial charge is 0.490 e. The minimum Gasteiger partial charge on any atom is -0.490 e. The molecule has 1 N–H and O–H groups in total. The van der Waals surface area contributed by atoms with Crippen LogP contribution in [0, 0.1) is 0 Å². The Morgan fingerprint density at radius 2 is 1.87 bits per heavy atom. The normalized spacial score (nSPS) is 10.1. The second-order valence-electron chi connectivity index (χ2n) is 2.93. The average Bonchev–Trinajstić information content (AvgIpc) is 2.23. The predicted octanol–water partition coefficient (Wildman–Crippen LogP) is 2.74. The summed E-state index contributed by atoms with van der Waals surface area (Å²) in [6.45, 7) is 4.97. The number of aliphatic hydroxyl groups is 1. The van der Waals surface area contributed by atoms with Gasteiger partial charge in [0.2, 0.25) is 0 Å². The van der Waals surface area contributed by atoms with E-state index in [0.717, 1.165) is 10.0 Å². The summed E-state index contributed by atoms with van der Waals surface area (Å²) in [7, 11) is 0. The van der Waals surface area contributed by atoms with Gasteiger partial charge < -0.3 is 14.6 Å². The monoisotopic (exact) mass is 274 g/mol. The molecule has 0 aliphatic rings. The van der Waals surface area contributed by atoms with Crippen LogP contribution in [0.25, 0.3) is 0 Å². The van der Waals surface area contributed by atoms with Crippen LogP contribution >= 0.6 is 15.9 Å². The zero-order valence-electron chi connectivity index (χ0n) is 8.92. The minimum atomic E-state index is -0.00885. The lowest BCUT2D eigenvalue weighted by Crippen LogP contribution is -2.00. The van der Waals surface area contributed by atoms with Crippen molar-refractivity contribution in [2.24, 2.45) is 0 Å². The van der Waals surface area contributed by atoms with Gasteiger partial charge in [0.05, 0.1) is 24.3 Å². The first-order valence-electron chi connectivity index (χ1n) is 4.91. The average molecular weight is 275 g/mol. The fourth-order valence-corrected chi connectivity index (χ4v) is 1.86. The maximum Gasteiger partial charge on any atom is 0.175 e. The molecular formula is C11H15BrO3. The van der Waals surface area contributed by atoms with Crippen LogP contribution in [-0.4, -0.2) is 18.3 Å². The van der Waals surface area contributed by atoms with E-state index in [1.165, 1.54) is 0 Å². The van der Waals surface area contributed by atoms with Crippen molar-refractivity contribution in [1.82, 2.24) is 0 Å². The highest BCUT2D eigenvalue weighted by Gasteiger charge is 2.11. The molecule has 1 rings (SSSR count). The van der Waals surface area contributed by atoms with Gasteiger partial charge in [-0.15, -0.1) is 0 Å². The Morgan fingerprint density at radius 3 is 2.40 bits per heavy atom. The van der Waals surface area contributed by atoms with Gasteiger partial charge in [-0.25, -0.2) is 0 Å². The summed E-state index contributed by atoms with van der Waals surface area (Å²) < 4.78 is 11.7. The molecule has 0 heterocycles. The number of hydrogen-bond acceptors (Lipinski definition) is 3. The molecule has 4 heteroatoms. The van der Waals surface area contributed by atoms with Crippen LogP contribution in [0.3, 0.4) is 0 Å². The standard InChI is InChI=1S/C11H15BrO3/c1-3-14-10-6-8(7-13)5-9(12)11(10)15-4-2/h5-6,13H,3-4,7H2,1-2H3. The summed E-state index contributed by atoms with van der Waals surface area (Å²) in [5, 5.41) is 9.06. The van der Waals surface area contributed by atoms with Gasteiger partial charge in [0.25, 0.3) is 0 Å². The van der Waals surface area contributed by atoms with Gasteiger partial charge in [0, 0.05) is 0 Å². The predicted molar refractivity (Wildman–Crippen MR) is 62.4 cm³/mol. The van der Waals surface area contributed by atoms with E-state index in [-0.39, 0.29) is 6.61 Å². The third kappa shape index (κ3) is 3.11. The molecule has 0 amide bonds. The highest BCUT2D eigenvalue weighted by Crippen LogP contribution is 2.36. The van der Waals surface area contributed by atoms with Crippen LogP contribution in [-0.2, 0) is 6.61 Å². The van der Waals surface area contributed by atoms with Crippen molar-refractivity contribution >= 4 is 15.9 Å². The van der Waals surface area contributed by atoms with E-state index < -0.39 is 0 Å². The maximum atomic E-state index is 9.06. The molecule has 0 aromatic heterocycles. The Labute approximate surface area is 98.1 Å². The molecule has 0 fully saturated rings. The zero-order valence-corrected chi connectivity index (χ0v) is 10.5. The first kappa shape index (κ1) is 12.3. The quantitative estimate of drug-likeness (QED) is 0.898. The van der Waals surface area contributed by atoms with Crippen LogP contribution < -0.4 is 9.47 Å². The number of halogens is 1. The Morgan fingerprint density at radius 1 is 1.20 bits per heavy atom. The summed E-state index contributed by atoms with van der Waals surface area (Å²) in [6.07, 6.45) is 0. The van der Waals surface area contributed by atoms with Gasteiger partial charge in [0.1, 0.15) is 0 Å². The first-order valence-corrected chi connectivity index (χ1v) is 5.71. The Balaban J connectivity index is 3.10. The van der Waals surface area contributed by atoms with E-state index in [9.17, 15) is 0 Å². The zero-order chi connectivity index (χ0) is 11.3. The second kappa shape index (κ2) is 5.98. The van der Waals surface area contributed by atoms with Crippen molar-refractivity contribution in [2.45, 2.75) is 20.5 Å². The van der Waals surface area contributed by atoms with Gasteiger partial charge in [-0.1, -0.05) is 0 Å². The van der Waals surface area contributed by atoms with E-state index >= 15 is 0 Å². The fourth-order valence-electron chi connectivity index (χ4n) is 1.26. The molecule has 1 aromatic rings. The number of aliphatic hydroxyl groups excluding tert-OH is 1. The number of benzene rings is 1. The summed E-state index contributed by atoms with van der Waals surface area (Å²) >= 11 is 3.39. The van der Waals surface area contributed by atoms with Crippen LogP contribution in [0.5, 0.6) is 11.5 Å². The molecule has 0 saturated carbocycles. The second-order valence-corrected chi connectivity index (χ2v) is 3.78. The van der Waals surface area contributed by atoms with Crippen molar-refractivity contribution < 1.29 is 14.6 Å². The number of ether oxygens (including phenoxy) is 2. The van der Waals surface area contributed by atoms with E-state index in [2.05, 4.69) is 15.9 Å². The molecule has 84 valence electrons. The van der Waals surface area contributed by atoms with Crippen molar-refractivity contribution in [1.29, 1.82) is 0 Å². The highest BCUT2D eigenvalue weighted by molar-refractivity contribution is 9.10. The third-order valence-corrected chi connectivity index (χ3v) is 2.43. The first-order chi connectivity index (χ1) is 7.22. The van der Waals surface area contributed by atoms with Gasteiger partial charge in [-0.2, -0.15) is 0 Å². The molecule has 0 spiro atoms. The van der Waals surface area contributed by atoms with Crippen molar-refractivity contribution in [3.05, 3.63) is 22.2 Å². The molecule has 0 aliphatic heterocycles. The molecule has 0 unspecified atom stereocenters. The minimum absolute atomic E-state index is 0.00885. The van der Waals surface area contributed by atoms with E-state index in [4.69, 9.17) is 14.6 Å². The summed E-state index contributed by atoms with van der Waals surface area (Å²) in [6, 6.07) is 3.62. The van der Waals surface area contributed by atoms with Crippen LogP contribution in [0.4, 0.5) is 0 Å². The van der Waals surface area contributed by atoms with E-state index in [1.54, 1.807) is 6.07 Å². The lowest BCUT2D eigenvalue weighted by Gasteiger charge is -2.13. The molecule has 0 aliphatic carbocycles. The van der Waals surface area contributed by atoms with E-state index in [1.807, 2.05) is 19.9 Å². The molecule has 0 saturated heterocycles. The van der Waals surface area contributed by atoms with Crippen LogP contribution in [0.2, 0.25) is 0 Å². The third-order valence-electron chi connectivity index (χ3n) is 1.84. The molecule has 3 nitrogen and oxygen atoms in total. The molecule has 0 bridgehead atoms. The number of rotatable bonds is 5. The molecule has 1 aromatic carbocycles. The summed E-state index contributed by atoms with van der Waals surface area (Å²) in [4.78, 5) is 0.